The fraction of sp³-hybridized carbons (Fsp3) is 0.524. The number of carbonyl (C=O) groups excluding carboxylic acids is 4. The average molecular weight is 403 g/mol. The van der Waals surface area contributed by atoms with E-state index < -0.39 is 29.9 Å². The molecule has 0 saturated carbocycles. The number of hydrogen-bond donors (Lipinski definition) is 2. The predicted molar refractivity (Wildman–Crippen MR) is 108 cm³/mol. The molecule has 29 heavy (non-hydrogen) atoms. The van der Waals surface area contributed by atoms with E-state index in [9.17, 15) is 19.2 Å². The van der Waals surface area contributed by atoms with E-state index in [1.54, 1.807) is 18.7 Å². The molecule has 0 spiro atoms. The second kappa shape index (κ2) is 9.54. The van der Waals surface area contributed by atoms with Crippen LogP contribution in [0.2, 0.25) is 0 Å². The van der Waals surface area contributed by atoms with Crippen LogP contribution in [0.25, 0.3) is 0 Å². The molecule has 1 fully saturated rings. The topological polar surface area (TPSA) is 119 Å². The van der Waals surface area contributed by atoms with Crippen LogP contribution in [0, 0.1) is 11.8 Å². The van der Waals surface area contributed by atoms with Crippen LogP contribution in [0.15, 0.2) is 24.3 Å². The van der Waals surface area contributed by atoms with Crippen molar-refractivity contribution in [1.29, 1.82) is 0 Å². The number of ether oxygens (including phenoxy) is 1. The minimum Gasteiger partial charge on any atom is -0.452 e. The summed E-state index contributed by atoms with van der Waals surface area (Å²) in [4.78, 5) is 49.9. The lowest BCUT2D eigenvalue weighted by molar-refractivity contribution is -0.161. The first kappa shape index (κ1) is 22.4. The minimum absolute atomic E-state index is 0.00985. The molecule has 8 heteroatoms. The summed E-state index contributed by atoms with van der Waals surface area (Å²) in [6, 6.07) is 6.65. The normalized spacial score (nSPS) is 18.4. The Hall–Kier alpha value is -2.90. The summed E-state index contributed by atoms with van der Waals surface area (Å²) in [5, 5.41) is 1.94. The quantitative estimate of drug-likeness (QED) is 0.677. The van der Waals surface area contributed by atoms with Gasteiger partial charge in [-0.15, -0.1) is 0 Å². The van der Waals surface area contributed by atoms with Crippen LogP contribution in [0.3, 0.4) is 0 Å². The van der Waals surface area contributed by atoms with Gasteiger partial charge in [0, 0.05) is 18.7 Å². The molecule has 0 radical (unpaired) electrons. The van der Waals surface area contributed by atoms with Crippen LogP contribution >= 0.6 is 0 Å². The molecule has 0 bridgehead atoms. The fourth-order valence-corrected chi connectivity index (χ4v) is 3.37. The highest BCUT2D eigenvalue weighted by atomic mass is 16.5. The van der Waals surface area contributed by atoms with Crippen molar-refractivity contribution in [1.82, 2.24) is 5.32 Å². The molecule has 1 aliphatic heterocycles. The third-order valence-electron chi connectivity index (χ3n) is 5.18. The summed E-state index contributed by atoms with van der Waals surface area (Å²) in [5.74, 6) is -2.35. The lowest BCUT2D eigenvalue weighted by atomic mass is 9.96. The van der Waals surface area contributed by atoms with Gasteiger partial charge < -0.3 is 15.4 Å². The van der Waals surface area contributed by atoms with Crippen LogP contribution in [0.1, 0.15) is 52.0 Å². The van der Waals surface area contributed by atoms with Gasteiger partial charge in [0.2, 0.25) is 5.91 Å². The number of nitrogens with two attached hydrogens (primary N) is 1. The molecule has 0 aromatic heterocycles. The molecule has 1 heterocycles. The summed E-state index contributed by atoms with van der Waals surface area (Å²) in [7, 11) is 0. The van der Waals surface area contributed by atoms with Gasteiger partial charge in [0.25, 0.3) is 5.91 Å². The third-order valence-corrected chi connectivity index (χ3v) is 5.18. The minimum atomic E-state index is -1.16. The number of rotatable bonds is 7. The molecule has 3 N–H and O–H groups in total. The number of para-hydroxylation sites is 1. The maximum atomic E-state index is 12.7. The zero-order valence-electron chi connectivity index (χ0n) is 17.3. The van der Waals surface area contributed by atoms with Crippen molar-refractivity contribution in [3.63, 3.8) is 0 Å². The largest absolute Gasteiger partial charge is 0.452 e. The number of imide groups is 1. The van der Waals surface area contributed by atoms with E-state index in [2.05, 4.69) is 13.8 Å². The van der Waals surface area contributed by atoms with E-state index in [4.69, 9.17) is 10.5 Å². The van der Waals surface area contributed by atoms with Gasteiger partial charge in [-0.25, -0.2) is 4.79 Å². The number of hydrogen-bond acceptors (Lipinski definition) is 5. The van der Waals surface area contributed by atoms with E-state index >= 15 is 0 Å². The highest BCUT2D eigenvalue weighted by molar-refractivity contribution is 6.01. The molecule has 4 amide bonds. The summed E-state index contributed by atoms with van der Waals surface area (Å²) in [6.45, 7) is 7.74. The molecule has 3 atom stereocenters. The Labute approximate surface area is 170 Å². The van der Waals surface area contributed by atoms with Crippen molar-refractivity contribution in [2.45, 2.75) is 52.6 Å². The van der Waals surface area contributed by atoms with Crippen molar-refractivity contribution in [2.75, 3.05) is 11.4 Å². The first-order chi connectivity index (χ1) is 13.6. The Bertz CT molecular complexity index is 792. The molecule has 1 saturated heterocycles. The number of nitrogens with one attached hydrogen (secondary N) is 1. The smallest absolute Gasteiger partial charge is 0.318 e. The Morgan fingerprint density at radius 1 is 1.24 bits per heavy atom. The molecule has 158 valence electrons. The van der Waals surface area contributed by atoms with Crippen molar-refractivity contribution < 1.29 is 23.9 Å². The van der Waals surface area contributed by atoms with Crippen LogP contribution < -0.4 is 16.0 Å². The first-order valence-electron chi connectivity index (χ1n) is 9.85. The monoisotopic (exact) mass is 403 g/mol. The number of primary amides is 1. The van der Waals surface area contributed by atoms with Gasteiger partial charge in [0.1, 0.15) is 0 Å². The number of anilines is 1. The molecule has 2 rings (SSSR count). The van der Waals surface area contributed by atoms with Crippen LogP contribution in [-0.4, -0.2) is 36.5 Å². The molecule has 1 aliphatic rings. The van der Waals surface area contributed by atoms with E-state index in [1.165, 1.54) is 0 Å². The highest BCUT2D eigenvalue weighted by Crippen LogP contribution is 2.34. The molecule has 1 aromatic rings. The van der Waals surface area contributed by atoms with E-state index in [0.717, 1.165) is 17.7 Å². The third kappa shape index (κ3) is 5.34. The molecular weight excluding hydrogens is 374 g/mol. The maximum Gasteiger partial charge on any atom is 0.318 e. The summed E-state index contributed by atoms with van der Waals surface area (Å²) < 4.78 is 5.35. The fourth-order valence-electron chi connectivity index (χ4n) is 3.37. The zero-order valence-corrected chi connectivity index (χ0v) is 17.3. The predicted octanol–water partition coefficient (Wildman–Crippen LogP) is 2.32. The number of benzene rings is 1. The van der Waals surface area contributed by atoms with Gasteiger partial charge in [-0.3, -0.25) is 19.7 Å². The van der Waals surface area contributed by atoms with Gasteiger partial charge in [-0.05, 0) is 29.9 Å². The Morgan fingerprint density at radius 3 is 2.48 bits per heavy atom. The van der Waals surface area contributed by atoms with Gasteiger partial charge in [0.15, 0.2) is 6.10 Å². The second-order valence-electron chi connectivity index (χ2n) is 7.73. The molecule has 0 aliphatic carbocycles. The summed E-state index contributed by atoms with van der Waals surface area (Å²) in [6.07, 6.45) is -0.225. The zero-order chi connectivity index (χ0) is 21.7. The highest BCUT2D eigenvalue weighted by Gasteiger charge is 2.39. The van der Waals surface area contributed by atoms with E-state index in [1.807, 2.05) is 29.6 Å². The first-order valence-corrected chi connectivity index (χ1v) is 9.85. The lowest BCUT2D eigenvalue weighted by Gasteiger charge is -2.24. The molecule has 0 unspecified atom stereocenters. The van der Waals surface area contributed by atoms with Crippen molar-refractivity contribution in [3.05, 3.63) is 29.8 Å². The van der Waals surface area contributed by atoms with Gasteiger partial charge in [0.05, 0.1) is 5.92 Å². The van der Waals surface area contributed by atoms with Gasteiger partial charge in [-0.1, -0.05) is 45.9 Å². The number of urea groups is 1. The summed E-state index contributed by atoms with van der Waals surface area (Å²) >= 11 is 0. The lowest BCUT2D eigenvalue weighted by Crippen LogP contribution is -2.46. The SMILES string of the molecule is CC[C@@H](C)c1ccccc1N1C[C@H](C(=O)O[C@H](C(=O)NC(N)=O)C(C)C)CC1=O. The summed E-state index contributed by atoms with van der Waals surface area (Å²) in [5.41, 5.74) is 6.83. The maximum absolute atomic E-state index is 12.7. The number of amides is 4. The Morgan fingerprint density at radius 2 is 1.90 bits per heavy atom. The number of carbonyl (C=O) groups is 4. The standard InChI is InChI=1S/C21H29N3O5/c1-5-13(4)15-8-6-7-9-16(15)24-11-14(10-17(24)25)20(27)29-18(12(2)3)19(26)23-21(22)28/h6-9,12-14,18H,5,10-11H2,1-4H3,(H3,22,23,26,28)/t13-,14-,18+/m1/s1. The van der Waals surface area contributed by atoms with Crippen molar-refractivity contribution in [2.24, 2.45) is 17.6 Å². The molecular formula is C21H29N3O5. The van der Waals surface area contributed by atoms with E-state index in [-0.39, 0.29) is 30.7 Å². The van der Waals surface area contributed by atoms with E-state index in [0.29, 0.717) is 0 Å². The second-order valence-corrected chi connectivity index (χ2v) is 7.73. The van der Waals surface area contributed by atoms with Crippen LogP contribution in [-0.2, 0) is 19.1 Å². The Balaban J connectivity index is 2.14. The number of nitrogens with zero attached hydrogens (tertiary/aromatic N) is 1. The number of esters is 1. The Kier molecular flexibility index (Phi) is 7.36. The van der Waals surface area contributed by atoms with Crippen molar-refractivity contribution >= 4 is 29.5 Å². The van der Waals surface area contributed by atoms with Crippen LogP contribution in [0.4, 0.5) is 10.5 Å². The average Bonchev–Trinajstić information content (AvgIpc) is 3.06. The van der Waals surface area contributed by atoms with Crippen LogP contribution in [0.5, 0.6) is 0 Å². The van der Waals surface area contributed by atoms with Gasteiger partial charge >= 0.3 is 12.0 Å². The molecule has 1 aromatic carbocycles. The van der Waals surface area contributed by atoms with Crippen molar-refractivity contribution in [3.8, 4) is 0 Å². The molecule has 8 nitrogen and oxygen atoms in total. The van der Waals surface area contributed by atoms with Gasteiger partial charge in [-0.2, -0.15) is 0 Å².